The van der Waals surface area contributed by atoms with Crippen molar-refractivity contribution in [2.75, 3.05) is 13.2 Å². The number of rotatable bonds is 12. The highest BCUT2D eigenvalue weighted by atomic mass is 16.5. The molecule has 0 aliphatic heterocycles. The Morgan fingerprint density at radius 3 is 2.37 bits per heavy atom. The second-order valence-electron chi connectivity index (χ2n) is 8.43. The molecule has 0 radical (unpaired) electrons. The molecule has 0 atom stereocenters. The predicted molar refractivity (Wildman–Crippen MR) is 136 cm³/mol. The molecule has 0 aliphatic carbocycles. The van der Waals surface area contributed by atoms with E-state index in [0.29, 0.717) is 38.5 Å². The molecule has 1 amide bonds. The summed E-state index contributed by atoms with van der Waals surface area (Å²) in [5, 5.41) is 14.4. The highest BCUT2D eigenvalue weighted by Crippen LogP contribution is 2.29. The van der Waals surface area contributed by atoms with Crippen molar-refractivity contribution < 1.29 is 9.53 Å². The summed E-state index contributed by atoms with van der Waals surface area (Å²) in [6.45, 7) is 4.28. The number of H-pyrrole nitrogens is 1. The normalized spacial score (nSPS) is 10.9. The van der Waals surface area contributed by atoms with Gasteiger partial charge in [-0.05, 0) is 33.9 Å². The second-order valence-corrected chi connectivity index (χ2v) is 8.43. The van der Waals surface area contributed by atoms with E-state index in [1.54, 1.807) is 0 Å². The van der Waals surface area contributed by atoms with E-state index in [2.05, 4.69) is 51.8 Å². The van der Waals surface area contributed by atoms with Crippen LogP contribution in [0.3, 0.4) is 0 Å². The van der Waals surface area contributed by atoms with Crippen LogP contribution in [0.15, 0.2) is 78.9 Å². The first-order valence-corrected chi connectivity index (χ1v) is 12.1. The van der Waals surface area contributed by atoms with Crippen LogP contribution in [0.25, 0.3) is 22.5 Å². The van der Waals surface area contributed by atoms with Crippen molar-refractivity contribution in [2.24, 2.45) is 0 Å². The number of nitrogens with zero attached hydrogens (tertiary/aromatic N) is 4. The summed E-state index contributed by atoms with van der Waals surface area (Å²) in [6.07, 6.45) is 2.45. The molecule has 7 nitrogen and oxygen atoms in total. The lowest BCUT2D eigenvalue weighted by molar-refractivity contribution is -0.132. The summed E-state index contributed by atoms with van der Waals surface area (Å²) < 4.78 is 5.85. The van der Waals surface area contributed by atoms with Gasteiger partial charge in [0.05, 0.1) is 13.2 Å². The fourth-order valence-electron chi connectivity index (χ4n) is 3.93. The van der Waals surface area contributed by atoms with Crippen LogP contribution in [-0.4, -0.2) is 44.6 Å². The number of nitrogens with one attached hydrogen (secondary N) is 1. The molecule has 4 aromatic rings. The molecule has 35 heavy (non-hydrogen) atoms. The fraction of sp³-hybridized carbons (Fsp3) is 0.286. The predicted octanol–water partition coefficient (Wildman–Crippen LogP) is 5.27. The summed E-state index contributed by atoms with van der Waals surface area (Å²) in [7, 11) is 0. The van der Waals surface area contributed by atoms with Gasteiger partial charge in [0.25, 0.3) is 0 Å². The lowest BCUT2D eigenvalue weighted by atomic mass is 9.98. The van der Waals surface area contributed by atoms with E-state index in [0.717, 1.165) is 40.7 Å². The number of carbonyl (C=O) groups is 1. The van der Waals surface area contributed by atoms with Crippen LogP contribution < -0.4 is 0 Å². The Morgan fingerprint density at radius 1 is 0.914 bits per heavy atom. The zero-order valence-corrected chi connectivity index (χ0v) is 20.1. The summed E-state index contributed by atoms with van der Waals surface area (Å²) in [5.74, 6) is 0.731. The van der Waals surface area contributed by atoms with E-state index in [1.807, 2.05) is 59.5 Å². The van der Waals surface area contributed by atoms with E-state index in [4.69, 9.17) is 4.74 Å². The number of benzene rings is 3. The molecule has 1 aromatic heterocycles. The maximum atomic E-state index is 12.9. The SMILES string of the molecule is CCCCC(=O)N(CCOCc1ccccc1)Cc1ccc(-c2ccccc2-c2nn[nH]n2)cc1. The van der Waals surface area contributed by atoms with Gasteiger partial charge in [-0.15, -0.1) is 10.2 Å². The van der Waals surface area contributed by atoms with Gasteiger partial charge in [0.2, 0.25) is 11.7 Å². The zero-order chi connectivity index (χ0) is 24.3. The van der Waals surface area contributed by atoms with Crippen LogP contribution in [0.4, 0.5) is 0 Å². The van der Waals surface area contributed by atoms with Gasteiger partial charge in [-0.2, -0.15) is 5.21 Å². The minimum Gasteiger partial charge on any atom is -0.375 e. The number of aromatic amines is 1. The van der Waals surface area contributed by atoms with Crippen molar-refractivity contribution in [2.45, 2.75) is 39.3 Å². The molecule has 7 heteroatoms. The molecule has 180 valence electrons. The Labute approximate surface area is 206 Å². The molecular formula is C28H31N5O2. The molecule has 0 saturated heterocycles. The molecule has 0 unspecified atom stereocenters. The van der Waals surface area contributed by atoms with Crippen LogP contribution in [0.1, 0.15) is 37.3 Å². The van der Waals surface area contributed by atoms with E-state index < -0.39 is 0 Å². The summed E-state index contributed by atoms with van der Waals surface area (Å²) in [6, 6.07) is 26.4. The van der Waals surface area contributed by atoms with Crippen LogP contribution in [-0.2, 0) is 22.7 Å². The smallest absolute Gasteiger partial charge is 0.222 e. The average Bonchev–Trinajstić information content (AvgIpc) is 3.45. The topological polar surface area (TPSA) is 84.0 Å². The van der Waals surface area contributed by atoms with Crippen LogP contribution in [0.5, 0.6) is 0 Å². The number of hydrogen-bond acceptors (Lipinski definition) is 5. The third kappa shape index (κ3) is 6.83. The Kier molecular flexibility index (Phi) is 8.73. The molecule has 3 aromatic carbocycles. The first-order valence-electron chi connectivity index (χ1n) is 12.1. The maximum absolute atomic E-state index is 12.9. The lowest BCUT2D eigenvalue weighted by Crippen LogP contribution is -2.33. The second kappa shape index (κ2) is 12.6. The minimum atomic E-state index is 0.168. The Hall–Kier alpha value is -3.84. The lowest BCUT2D eigenvalue weighted by Gasteiger charge is -2.23. The van der Waals surface area contributed by atoms with Gasteiger partial charge in [0.15, 0.2) is 0 Å². The quantitative estimate of drug-likeness (QED) is 0.286. The number of hydrogen-bond donors (Lipinski definition) is 1. The molecule has 1 N–H and O–H groups in total. The summed E-state index contributed by atoms with van der Waals surface area (Å²) >= 11 is 0. The van der Waals surface area contributed by atoms with Gasteiger partial charge in [-0.25, -0.2) is 0 Å². The molecule has 0 fully saturated rings. The van der Waals surface area contributed by atoms with Gasteiger partial charge < -0.3 is 9.64 Å². The van der Waals surface area contributed by atoms with E-state index in [-0.39, 0.29) is 5.91 Å². The van der Waals surface area contributed by atoms with Crippen molar-refractivity contribution in [3.63, 3.8) is 0 Å². The van der Waals surface area contributed by atoms with Crippen molar-refractivity contribution >= 4 is 5.91 Å². The molecule has 0 saturated carbocycles. The Balaban J connectivity index is 1.42. The van der Waals surface area contributed by atoms with Crippen molar-refractivity contribution in [3.05, 3.63) is 90.0 Å². The number of unbranched alkanes of at least 4 members (excludes halogenated alkanes) is 1. The third-order valence-electron chi connectivity index (χ3n) is 5.87. The molecule has 0 aliphatic rings. The Morgan fingerprint density at radius 2 is 1.66 bits per heavy atom. The van der Waals surface area contributed by atoms with Gasteiger partial charge in [-0.1, -0.05) is 92.2 Å². The van der Waals surface area contributed by atoms with Gasteiger partial charge in [0, 0.05) is 25.1 Å². The van der Waals surface area contributed by atoms with Gasteiger partial charge >= 0.3 is 0 Å². The number of carbonyl (C=O) groups excluding carboxylic acids is 1. The maximum Gasteiger partial charge on any atom is 0.222 e. The van der Waals surface area contributed by atoms with E-state index >= 15 is 0 Å². The monoisotopic (exact) mass is 469 g/mol. The van der Waals surface area contributed by atoms with Crippen molar-refractivity contribution in [3.8, 4) is 22.5 Å². The number of aromatic nitrogens is 4. The zero-order valence-electron chi connectivity index (χ0n) is 20.1. The standard InChI is InChI=1S/C28H31N5O2/c1-2-3-13-27(34)33(18-19-35-21-23-9-5-4-6-10-23)20-22-14-16-24(17-15-22)25-11-7-8-12-26(25)28-29-31-32-30-28/h4-12,14-17H,2-3,13,18-21H2,1H3,(H,29,30,31,32). The Bertz CT molecular complexity index is 1180. The molecule has 0 spiro atoms. The van der Waals surface area contributed by atoms with Crippen LogP contribution in [0, 0.1) is 0 Å². The molecule has 1 heterocycles. The summed E-state index contributed by atoms with van der Waals surface area (Å²) in [5.41, 5.74) is 5.22. The number of amides is 1. The van der Waals surface area contributed by atoms with Crippen molar-refractivity contribution in [1.82, 2.24) is 25.5 Å². The highest BCUT2D eigenvalue weighted by molar-refractivity contribution is 5.80. The van der Waals surface area contributed by atoms with Gasteiger partial charge in [0.1, 0.15) is 0 Å². The van der Waals surface area contributed by atoms with Crippen molar-refractivity contribution in [1.29, 1.82) is 0 Å². The minimum absolute atomic E-state index is 0.168. The first kappa shape index (κ1) is 24.3. The van der Waals surface area contributed by atoms with Crippen LogP contribution >= 0.6 is 0 Å². The van der Waals surface area contributed by atoms with E-state index in [1.165, 1.54) is 0 Å². The summed E-state index contributed by atoms with van der Waals surface area (Å²) in [4.78, 5) is 14.8. The van der Waals surface area contributed by atoms with E-state index in [9.17, 15) is 4.79 Å². The first-order chi connectivity index (χ1) is 17.2. The van der Waals surface area contributed by atoms with Gasteiger partial charge in [-0.3, -0.25) is 4.79 Å². The number of ether oxygens (including phenoxy) is 1. The fourth-order valence-corrected chi connectivity index (χ4v) is 3.93. The molecule has 0 bridgehead atoms. The molecule has 4 rings (SSSR count). The number of tetrazole rings is 1. The third-order valence-corrected chi connectivity index (χ3v) is 5.87. The highest BCUT2D eigenvalue weighted by Gasteiger charge is 2.15. The average molecular weight is 470 g/mol. The van der Waals surface area contributed by atoms with Crippen LogP contribution in [0.2, 0.25) is 0 Å². The molecular weight excluding hydrogens is 438 g/mol. The largest absolute Gasteiger partial charge is 0.375 e.